The molecule has 0 spiro atoms. The number of hydrogen-bond acceptors (Lipinski definition) is 4. The van der Waals surface area contributed by atoms with Crippen molar-refractivity contribution in [1.29, 1.82) is 0 Å². The summed E-state index contributed by atoms with van der Waals surface area (Å²) in [5.41, 5.74) is 6.38. The fourth-order valence-corrected chi connectivity index (χ4v) is 2.51. The van der Waals surface area contributed by atoms with Crippen molar-refractivity contribution in [2.24, 2.45) is 0 Å². The number of anilines is 1. The van der Waals surface area contributed by atoms with Crippen LogP contribution in [0.3, 0.4) is 0 Å². The quantitative estimate of drug-likeness (QED) is 0.683. The first-order chi connectivity index (χ1) is 8.58. The molecule has 0 aliphatic carbocycles. The summed E-state index contributed by atoms with van der Waals surface area (Å²) in [4.78, 5) is 4.93. The molecule has 0 amide bonds. The SMILES string of the molecule is CC(C)n1ncnc1CSc1cc(F)ccc1N. The number of nitrogen functional groups attached to an aromatic ring is 1. The number of halogens is 1. The predicted molar refractivity (Wildman–Crippen MR) is 70.8 cm³/mol. The Morgan fingerprint density at radius 1 is 1.44 bits per heavy atom. The number of nitrogens with zero attached hydrogens (tertiary/aromatic N) is 3. The molecular formula is C12H15FN4S. The number of nitrogens with two attached hydrogens (primary N) is 1. The van der Waals surface area contributed by atoms with E-state index in [9.17, 15) is 4.39 Å². The maximum absolute atomic E-state index is 13.1. The van der Waals surface area contributed by atoms with Gasteiger partial charge in [0, 0.05) is 16.6 Å². The molecule has 6 heteroatoms. The highest BCUT2D eigenvalue weighted by Gasteiger charge is 2.09. The highest BCUT2D eigenvalue weighted by atomic mass is 32.2. The zero-order valence-corrected chi connectivity index (χ0v) is 11.1. The summed E-state index contributed by atoms with van der Waals surface area (Å²) in [7, 11) is 0. The lowest BCUT2D eigenvalue weighted by Crippen LogP contribution is -2.07. The minimum absolute atomic E-state index is 0.257. The number of hydrogen-bond donors (Lipinski definition) is 1. The van der Waals surface area contributed by atoms with Gasteiger partial charge in [-0.05, 0) is 32.0 Å². The molecule has 2 aromatic rings. The highest BCUT2D eigenvalue weighted by Crippen LogP contribution is 2.28. The molecule has 96 valence electrons. The van der Waals surface area contributed by atoms with Crippen LogP contribution in [0.1, 0.15) is 25.7 Å². The molecule has 0 aliphatic rings. The first-order valence-electron chi connectivity index (χ1n) is 5.64. The van der Waals surface area contributed by atoms with E-state index in [1.54, 1.807) is 6.07 Å². The Morgan fingerprint density at radius 3 is 2.94 bits per heavy atom. The predicted octanol–water partition coefficient (Wildman–Crippen LogP) is 2.87. The second-order valence-electron chi connectivity index (χ2n) is 4.19. The van der Waals surface area contributed by atoms with Crippen LogP contribution >= 0.6 is 11.8 Å². The van der Waals surface area contributed by atoms with Crippen molar-refractivity contribution in [3.8, 4) is 0 Å². The van der Waals surface area contributed by atoms with Crippen molar-refractivity contribution >= 4 is 17.4 Å². The van der Waals surface area contributed by atoms with Gasteiger partial charge in [-0.1, -0.05) is 0 Å². The van der Waals surface area contributed by atoms with Crippen molar-refractivity contribution in [3.63, 3.8) is 0 Å². The molecule has 1 aromatic carbocycles. The molecule has 0 saturated heterocycles. The number of thioether (sulfide) groups is 1. The van der Waals surface area contributed by atoms with Crippen LogP contribution in [-0.2, 0) is 5.75 Å². The van der Waals surface area contributed by atoms with Crippen LogP contribution in [0.4, 0.5) is 10.1 Å². The summed E-state index contributed by atoms with van der Waals surface area (Å²) in [6.45, 7) is 4.08. The van der Waals surface area contributed by atoms with Crippen molar-refractivity contribution < 1.29 is 4.39 Å². The molecule has 0 bridgehead atoms. The molecule has 18 heavy (non-hydrogen) atoms. The van der Waals surface area contributed by atoms with Gasteiger partial charge in [0.1, 0.15) is 18.0 Å². The maximum atomic E-state index is 13.1. The molecule has 0 saturated carbocycles. The monoisotopic (exact) mass is 266 g/mol. The van der Waals surface area contributed by atoms with Gasteiger partial charge >= 0.3 is 0 Å². The largest absolute Gasteiger partial charge is 0.398 e. The summed E-state index contributed by atoms with van der Waals surface area (Å²) in [6.07, 6.45) is 1.53. The van der Waals surface area contributed by atoms with Crippen molar-refractivity contribution in [2.75, 3.05) is 5.73 Å². The van der Waals surface area contributed by atoms with Crippen molar-refractivity contribution in [3.05, 3.63) is 36.2 Å². The van der Waals surface area contributed by atoms with Gasteiger partial charge in [-0.25, -0.2) is 14.1 Å². The summed E-state index contributed by atoms with van der Waals surface area (Å²) in [5.74, 6) is 1.20. The minimum atomic E-state index is -0.281. The molecule has 0 unspecified atom stereocenters. The summed E-state index contributed by atoms with van der Waals surface area (Å²) >= 11 is 1.46. The van der Waals surface area contributed by atoms with Gasteiger partial charge in [0.25, 0.3) is 0 Å². The minimum Gasteiger partial charge on any atom is -0.398 e. The highest BCUT2D eigenvalue weighted by molar-refractivity contribution is 7.98. The summed E-state index contributed by atoms with van der Waals surface area (Å²) in [5, 5.41) is 4.15. The fraction of sp³-hybridized carbons (Fsp3) is 0.333. The smallest absolute Gasteiger partial charge is 0.138 e. The lowest BCUT2D eigenvalue weighted by atomic mass is 10.3. The molecule has 1 aromatic heterocycles. The Kier molecular flexibility index (Phi) is 3.86. The topological polar surface area (TPSA) is 56.7 Å². The zero-order valence-electron chi connectivity index (χ0n) is 10.3. The molecule has 0 aliphatic heterocycles. The average molecular weight is 266 g/mol. The molecule has 0 radical (unpaired) electrons. The third-order valence-corrected chi connectivity index (χ3v) is 3.54. The molecule has 2 rings (SSSR count). The van der Waals surface area contributed by atoms with Gasteiger partial charge in [-0.3, -0.25) is 0 Å². The number of benzene rings is 1. The Bertz CT molecular complexity index is 539. The van der Waals surface area contributed by atoms with E-state index < -0.39 is 0 Å². The van der Waals surface area contributed by atoms with E-state index in [0.29, 0.717) is 11.4 Å². The van der Waals surface area contributed by atoms with E-state index in [-0.39, 0.29) is 11.9 Å². The van der Waals surface area contributed by atoms with Crippen LogP contribution < -0.4 is 5.73 Å². The molecule has 4 nitrogen and oxygen atoms in total. The van der Waals surface area contributed by atoms with Gasteiger partial charge in [0.05, 0.1) is 5.75 Å². The zero-order chi connectivity index (χ0) is 13.1. The van der Waals surface area contributed by atoms with Crippen LogP contribution in [0.2, 0.25) is 0 Å². The van der Waals surface area contributed by atoms with Crippen LogP contribution in [0, 0.1) is 5.82 Å². The second-order valence-corrected chi connectivity index (χ2v) is 5.20. The Balaban J connectivity index is 2.11. The van der Waals surface area contributed by atoms with E-state index >= 15 is 0 Å². The summed E-state index contributed by atoms with van der Waals surface area (Å²) in [6, 6.07) is 4.63. The first kappa shape index (κ1) is 12.9. The van der Waals surface area contributed by atoms with Gasteiger partial charge in [-0.2, -0.15) is 5.10 Å². The normalized spacial score (nSPS) is 11.1. The standard InChI is InChI=1S/C12H15FN4S/c1-8(2)17-12(15-7-16-17)6-18-11-5-9(13)3-4-10(11)14/h3-5,7-8H,6,14H2,1-2H3. The average Bonchev–Trinajstić information content (AvgIpc) is 2.79. The first-order valence-corrected chi connectivity index (χ1v) is 6.62. The van der Waals surface area contributed by atoms with E-state index in [4.69, 9.17) is 5.73 Å². The third-order valence-electron chi connectivity index (χ3n) is 2.47. The Labute approximate surface area is 109 Å². The maximum Gasteiger partial charge on any atom is 0.138 e. The molecule has 1 heterocycles. The van der Waals surface area contributed by atoms with Gasteiger partial charge in [0.15, 0.2) is 0 Å². The van der Waals surface area contributed by atoms with Crippen LogP contribution in [0.15, 0.2) is 29.4 Å². The van der Waals surface area contributed by atoms with Crippen LogP contribution in [-0.4, -0.2) is 14.8 Å². The second kappa shape index (κ2) is 5.39. The Morgan fingerprint density at radius 2 is 2.22 bits per heavy atom. The number of rotatable bonds is 4. The lowest BCUT2D eigenvalue weighted by molar-refractivity contribution is 0.514. The molecule has 0 fully saturated rings. The molecule has 2 N–H and O–H groups in total. The van der Waals surface area contributed by atoms with E-state index in [0.717, 1.165) is 10.7 Å². The number of aromatic nitrogens is 3. The van der Waals surface area contributed by atoms with Crippen molar-refractivity contribution in [2.45, 2.75) is 30.5 Å². The van der Waals surface area contributed by atoms with Gasteiger partial charge in [-0.15, -0.1) is 11.8 Å². The fourth-order valence-electron chi connectivity index (χ4n) is 1.58. The van der Waals surface area contributed by atoms with Crippen LogP contribution in [0.5, 0.6) is 0 Å². The van der Waals surface area contributed by atoms with Gasteiger partial charge < -0.3 is 5.73 Å². The van der Waals surface area contributed by atoms with Crippen molar-refractivity contribution in [1.82, 2.24) is 14.8 Å². The molecule has 0 atom stereocenters. The Hall–Kier alpha value is -1.56. The van der Waals surface area contributed by atoms with Crippen LogP contribution in [0.25, 0.3) is 0 Å². The van der Waals surface area contributed by atoms with Gasteiger partial charge in [0.2, 0.25) is 0 Å². The van der Waals surface area contributed by atoms with E-state index in [2.05, 4.69) is 10.1 Å². The molecular weight excluding hydrogens is 251 g/mol. The summed E-state index contributed by atoms with van der Waals surface area (Å²) < 4.78 is 15.0. The van der Waals surface area contributed by atoms with E-state index in [1.807, 2.05) is 18.5 Å². The lowest BCUT2D eigenvalue weighted by Gasteiger charge is -2.09. The third kappa shape index (κ3) is 2.81. The van der Waals surface area contributed by atoms with E-state index in [1.165, 1.54) is 30.2 Å².